The van der Waals surface area contributed by atoms with Crippen molar-refractivity contribution in [3.63, 3.8) is 0 Å². The number of halogens is 2. The van der Waals surface area contributed by atoms with Crippen LogP contribution in [0.4, 0.5) is 11.4 Å². The first kappa shape index (κ1) is 28.0. The van der Waals surface area contributed by atoms with E-state index in [9.17, 15) is 14.9 Å². The molecule has 0 aliphatic heterocycles. The molecule has 0 radical (unpaired) electrons. The van der Waals surface area contributed by atoms with Crippen LogP contribution in [0.2, 0.25) is 0 Å². The van der Waals surface area contributed by atoms with Crippen LogP contribution < -0.4 is 20.1 Å². The first-order valence-electron chi connectivity index (χ1n) is 11.3. The molecule has 0 heterocycles. The lowest BCUT2D eigenvalue weighted by atomic mass is 10.1. The normalized spacial score (nSPS) is 10.9. The molecule has 2 N–H and O–H groups in total. The van der Waals surface area contributed by atoms with Crippen molar-refractivity contribution in [2.24, 2.45) is 0 Å². The fourth-order valence-electron chi connectivity index (χ4n) is 3.31. The number of ether oxygens (including phenoxy) is 2. The molecule has 0 aliphatic rings. The minimum Gasteiger partial charge on any atom is -0.494 e. The minimum absolute atomic E-state index is 0.0748. The summed E-state index contributed by atoms with van der Waals surface area (Å²) in [7, 11) is 0. The van der Waals surface area contributed by atoms with Crippen molar-refractivity contribution >= 4 is 61.1 Å². The Hall–Kier alpha value is -3.61. The number of amides is 2. The van der Waals surface area contributed by atoms with E-state index in [0.29, 0.717) is 38.3 Å². The van der Waals surface area contributed by atoms with E-state index in [2.05, 4.69) is 42.5 Å². The molecule has 37 heavy (non-hydrogen) atoms. The van der Waals surface area contributed by atoms with E-state index < -0.39 is 5.91 Å². The van der Waals surface area contributed by atoms with Gasteiger partial charge in [0.1, 0.15) is 23.1 Å². The number of hydrogen-bond donors (Lipinski definition) is 2. The number of aryl methyl sites for hydroxylation is 2. The number of anilines is 2. The van der Waals surface area contributed by atoms with Gasteiger partial charge < -0.3 is 20.1 Å². The molecule has 3 aromatic carbocycles. The van der Waals surface area contributed by atoms with Crippen LogP contribution in [0.25, 0.3) is 6.08 Å². The average molecular weight is 627 g/mol. The van der Waals surface area contributed by atoms with Gasteiger partial charge in [-0.1, -0.05) is 12.1 Å². The lowest BCUT2D eigenvalue weighted by molar-refractivity contribution is -0.118. The molecule has 3 rings (SSSR count). The molecule has 3 aromatic rings. The van der Waals surface area contributed by atoms with Crippen LogP contribution >= 0.6 is 31.9 Å². The van der Waals surface area contributed by atoms with Gasteiger partial charge in [0.15, 0.2) is 6.61 Å². The first-order valence-corrected chi connectivity index (χ1v) is 12.9. The summed E-state index contributed by atoms with van der Waals surface area (Å²) < 4.78 is 12.2. The van der Waals surface area contributed by atoms with Crippen molar-refractivity contribution < 1.29 is 19.1 Å². The lowest BCUT2D eigenvalue weighted by Crippen LogP contribution is -2.21. The van der Waals surface area contributed by atoms with E-state index in [4.69, 9.17) is 9.47 Å². The smallest absolute Gasteiger partial charge is 0.266 e. The highest BCUT2D eigenvalue weighted by molar-refractivity contribution is 9.11. The number of nitrogens with one attached hydrogen (secondary N) is 2. The molecule has 190 valence electrons. The van der Waals surface area contributed by atoms with Gasteiger partial charge in [0.2, 0.25) is 0 Å². The van der Waals surface area contributed by atoms with Crippen LogP contribution in [0.15, 0.2) is 69.1 Å². The Morgan fingerprint density at radius 3 is 2.27 bits per heavy atom. The Balaban J connectivity index is 1.68. The second kappa shape index (κ2) is 13.1. The van der Waals surface area contributed by atoms with Crippen molar-refractivity contribution in [3.05, 3.63) is 85.8 Å². The highest BCUT2D eigenvalue weighted by atomic mass is 79.9. The molecular weight excluding hydrogens is 602 g/mol. The number of carbonyl (C=O) groups excluding carboxylic acids is 2. The highest BCUT2D eigenvalue weighted by Gasteiger charge is 2.14. The summed E-state index contributed by atoms with van der Waals surface area (Å²) >= 11 is 6.89. The topological polar surface area (TPSA) is 100 Å². The number of carbonyl (C=O) groups is 2. The van der Waals surface area contributed by atoms with Crippen LogP contribution in [0, 0.1) is 25.2 Å². The molecule has 0 aliphatic carbocycles. The largest absolute Gasteiger partial charge is 0.494 e. The van der Waals surface area contributed by atoms with Gasteiger partial charge in [0.05, 0.1) is 15.6 Å². The molecule has 0 fully saturated rings. The number of nitrogens with zero attached hydrogens (tertiary/aromatic N) is 1. The Bertz CT molecular complexity index is 1360. The summed E-state index contributed by atoms with van der Waals surface area (Å²) in [6.07, 6.45) is 1.47. The Kier molecular flexibility index (Phi) is 9.89. The number of hydrogen-bond acceptors (Lipinski definition) is 5. The van der Waals surface area contributed by atoms with E-state index in [1.165, 1.54) is 6.08 Å². The van der Waals surface area contributed by atoms with Gasteiger partial charge in [-0.25, -0.2) is 0 Å². The standard InChI is InChI=1S/C28H25Br2N3O4/c1-4-36-22-9-7-21(8-10-22)32-28(35)20(15-31)12-19-13-23(29)27(24(30)14-19)37-16-26(34)33-25-11-17(2)5-6-18(25)3/h5-14H,4,16H2,1-3H3,(H,32,35)(H,33,34)/b20-12+. The number of benzene rings is 3. The molecule has 0 saturated carbocycles. The van der Waals surface area contributed by atoms with Gasteiger partial charge in [-0.05, 0) is 118 Å². The molecule has 0 unspecified atom stereocenters. The molecule has 9 heteroatoms. The summed E-state index contributed by atoms with van der Waals surface area (Å²) in [5.74, 6) is 0.276. The third kappa shape index (κ3) is 7.94. The third-order valence-electron chi connectivity index (χ3n) is 5.13. The van der Waals surface area contributed by atoms with Crippen LogP contribution in [0.1, 0.15) is 23.6 Å². The van der Waals surface area contributed by atoms with Gasteiger partial charge in [-0.3, -0.25) is 9.59 Å². The second-order valence-corrected chi connectivity index (χ2v) is 9.76. The SMILES string of the molecule is CCOc1ccc(NC(=O)/C(C#N)=C/c2cc(Br)c(OCC(=O)Nc3cc(C)ccc3C)c(Br)c2)cc1. The Labute approximate surface area is 232 Å². The Morgan fingerprint density at radius 2 is 1.65 bits per heavy atom. The minimum atomic E-state index is -0.539. The van der Waals surface area contributed by atoms with Crippen molar-refractivity contribution in [3.8, 4) is 17.6 Å². The zero-order chi connectivity index (χ0) is 26.9. The number of rotatable bonds is 9. The maximum absolute atomic E-state index is 12.6. The molecule has 0 spiro atoms. The predicted molar refractivity (Wildman–Crippen MR) is 152 cm³/mol. The van der Waals surface area contributed by atoms with Crippen molar-refractivity contribution in [1.82, 2.24) is 0 Å². The van der Waals surface area contributed by atoms with Crippen LogP contribution in [-0.2, 0) is 9.59 Å². The predicted octanol–water partition coefficient (Wildman–Crippen LogP) is 6.79. The summed E-state index contributed by atoms with van der Waals surface area (Å²) in [6.45, 7) is 6.11. The quantitative estimate of drug-likeness (QED) is 0.201. The lowest BCUT2D eigenvalue weighted by Gasteiger charge is -2.13. The van der Waals surface area contributed by atoms with Crippen LogP contribution in [0.5, 0.6) is 11.5 Å². The van der Waals surface area contributed by atoms with Gasteiger partial charge in [0, 0.05) is 11.4 Å². The molecule has 2 amide bonds. The Morgan fingerprint density at radius 1 is 0.973 bits per heavy atom. The van der Waals surface area contributed by atoms with E-state index in [-0.39, 0.29) is 18.1 Å². The zero-order valence-electron chi connectivity index (χ0n) is 20.5. The molecule has 0 saturated heterocycles. The van der Waals surface area contributed by atoms with Crippen molar-refractivity contribution in [1.29, 1.82) is 5.26 Å². The van der Waals surface area contributed by atoms with Gasteiger partial charge >= 0.3 is 0 Å². The van der Waals surface area contributed by atoms with Crippen molar-refractivity contribution in [2.75, 3.05) is 23.8 Å². The van der Waals surface area contributed by atoms with Gasteiger partial charge in [-0.15, -0.1) is 0 Å². The summed E-state index contributed by atoms with van der Waals surface area (Å²) in [6, 6.07) is 18.0. The average Bonchev–Trinajstić information content (AvgIpc) is 2.85. The van der Waals surface area contributed by atoms with Crippen LogP contribution in [-0.4, -0.2) is 25.0 Å². The molecule has 0 atom stereocenters. The molecular formula is C28H25Br2N3O4. The van der Waals surface area contributed by atoms with Gasteiger partial charge in [0.25, 0.3) is 11.8 Å². The highest BCUT2D eigenvalue weighted by Crippen LogP contribution is 2.35. The van der Waals surface area contributed by atoms with Crippen LogP contribution in [0.3, 0.4) is 0 Å². The fraction of sp³-hybridized carbons (Fsp3) is 0.179. The summed E-state index contributed by atoms with van der Waals surface area (Å²) in [4.78, 5) is 25.1. The third-order valence-corrected chi connectivity index (χ3v) is 6.31. The molecule has 7 nitrogen and oxygen atoms in total. The molecule has 0 aromatic heterocycles. The summed E-state index contributed by atoms with van der Waals surface area (Å²) in [5.41, 5.74) is 3.79. The van der Waals surface area contributed by atoms with E-state index in [0.717, 1.165) is 16.8 Å². The monoisotopic (exact) mass is 625 g/mol. The fourth-order valence-corrected chi connectivity index (χ4v) is 4.76. The van der Waals surface area contributed by atoms with E-state index in [1.54, 1.807) is 36.4 Å². The second-order valence-electron chi connectivity index (χ2n) is 8.05. The molecule has 0 bridgehead atoms. The van der Waals surface area contributed by atoms with E-state index >= 15 is 0 Å². The van der Waals surface area contributed by atoms with Crippen molar-refractivity contribution in [2.45, 2.75) is 20.8 Å². The maximum atomic E-state index is 12.6. The maximum Gasteiger partial charge on any atom is 0.266 e. The number of nitriles is 1. The van der Waals surface area contributed by atoms with E-state index in [1.807, 2.05) is 45.0 Å². The van der Waals surface area contributed by atoms with Gasteiger partial charge in [-0.2, -0.15) is 5.26 Å². The zero-order valence-corrected chi connectivity index (χ0v) is 23.7. The first-order chi connectivity index (χ1) is 17.7. The summed E-state index contributed by atoms with van der Waals surface area (Å²) in [5, 5.41) is 15.1.